The highest BCUT2D eigenvalue weighted by Crippen LogP contribution is 2.33. The Kier molecular flexibility index (Phi) is 5.52. The molecule has 0 aliphatic rings. The standard InChI is InChI=1S/C20H16FNO4S/c1-12-11-17(18(27-12)20(24)25-2)26-14-9-7-13(8-10-14)22-19(23)15-5-3-4-6-16(15)21/h3-11H,1-2H3,(H,22,23). The van der Waals surface area contributed by atoms with Gasteiger partial charge in [0.05, 0.1) is 12.7 Å². The van der Waals surface area contributed by atoms with Gasteiger partial charge in [-0.1, -0.05) is 12.1 Å². The minimum Gasteiger partial charge on any atom is -0.465 e. The van der Waals surface area contributed by atoms with Crippen molar-refractivity contribution < 1.29 is 23.5 Å². The van der Waals surface area contributed by atoms with Crippen LogP contribution < -0.4 is 10.1 Å². The molecule has 1 N–H and O–H groups in total. The summed E-state index contributed by atoms with van der Waals surface area (Å²) in [5, 5.41) is 2.63. The van der Waals surface area contributed by atoms with Crippen molar-refractivity contribution >= 4 is 28.9 Å². The number of ether oxygens (including phenoxy) is 2. The fraction of sp³-hybridized carbons (Fsp3) is 0.100. The molecule has 0 atom stereocenters. The number of carbonyl (C=O) groups excluding carboxylic acids is 2. The lowest BCUT2D eigenvalue weighted by Crippen LogP contribution is -2.13. The van der Waals surface area contributed by atoms with Crippen LogP contribution in [-0.2, 0) is 4.74 Å². The summed E-state index contributed by atoms with van der Waals surface area (Å²) in [5.74, 6) is -0.687. The van der Waals surface area contributed by atoms with Gasteiger partial charge < -0.3 is 14.8 Å². The molecule has 1 heterocycles. The number of amides is 1. The fourth-order valence-electron chi connectivity index (χ4n) is 2.38. The summed E-state index contributed by atoms with van der Waals surface area (Å²) in [4.78, 5) is 25.2. The van der Waals surface area contributed by atoms with Crippen LogP contribution in [0.5, 0.6) is 11.5 Å². The zero-order valence-corrected chi connectivity index (χ0v) is 15.4. The van der Waals surface area contributed by atoms with Gasteiger partial charge in [0.2, 0.25) is 0 Å². The lowest BCUT2D eigenvalue weighted by Gasteiger charge is -2.09. The summed E-state index contributed by atoms with van der Waals surface area (Å²) < 4.78 is 24.2. The SMILES string of the molecule is COC(=O)c1sc(C)cc1Oc1ccc(NC(=O)c2ccccc2F)cc1. The summed E-state index contributed by atoms with van der Waals surface area (Å²) in [5.41, 5.74) is 0.458. The highest BCUT2D eigenvalue weighted by molar-refractivity contribution is 7.14. The van der Waals surface area contributed by atoms with Crippen LogP contribution in [0.25, 0.3) is 0 Å². The van der Waals surface area contributed by atoms with Crippen LogP contribution in [0.15, 0.2) is 54.6 Å². The number of esters is 1. The van der Waals surface area contributed by atoms with E-state index in [9.17, 15) is 14.0 Å². The zero-order chi connectivity index (χ0) is 19.4. The monoisotopic (exact) mass is 385 g/mol. The molecule has 0 saturated carbocycles. The topological polar surface area (TPSA) is 64.6 Å². The first-order chi connectivity index (χ1) is 13.0. The highest BCUT2D eigenvalue weighted by Gasteiger charge is 2.17. The molecule has 3 aromatic rings. The van der Waals surface area contributed by atoms with Crippen LogP contribution in [0, 0.1) is 12.7 Å². The van der Waals surface area contributed by atoms with E-state index in [4.69, 9.17) is 9.47 Å². The molecular weight excluding hydrogens is 369 g/mol. The maximum absolute atomic E-state index is 13.7. The van der Waals surface area contributed by atoms with E-state index in [1.807, 2.05) is 6.92 Å². The van der Waals surface area contributed by atoms with E-state index in [0.717, 1.165) is 4.88 Å². The average molecular weight is 385 g/mol. The van der Waals surface area contributed by atoms with Gasteiger partial charge in [-0.05, 0) is 49.4 Å². The second kappa shape index (κ2) is 8.01. The van der Waals surface area contributed by atoms with Crippen molar-refractivity contribution in [3.63, 3.8) is 0 Å². The summed E-state index contributed by atoms with van der Waals surface area (Å²) in [6.45, 7) is 1.87. The van der Waals surface area contributed by atoms with Crippen LogP contribution in [0.2, 0.25) is 0 Å². The number of carbonyl (C=O) groups is 2. The first kappa shape index (κ1) is 18.6. The van der Waals surface area contributed by atoms with Gasteiger partial charge in [-0.2, -0.15) is 0 Å². The maximum atomic E-state index is 13.7. The Hall–Kier alpha value is -3.19. The molecule has 0 unspecified atom stereocenters. The third kappa shape index (κ3) is 4.32. The Balaban J connectivity index is 1.72. The smallest absolute Gasteiger partial charge is 0.351 e. The maximum Gasteiger partial charge on any atom is 0.351 e. The zero-order valence-electron chi connectivity index (χ0n) is 14.6. The second-order valence-corrected chi connectivity index (χ2v) is 6.86. The van der Waals surface area contributed by atoms with Gasteiger partial charge in [0, 0.05) is 10.6 Å². The molecule has 7 heteroatoms. The molecule has 138 valence electrons. The molecule has 1 aromatic heterocycles. The number of aryl methyl sites for hydroxylation is 1. The van der Waals surface area contributed by atoms with Crippen LogP contribution >= 0.6 is 11.3 Å². The molecule has 0 radical (unpaired) electrons. The number of rotatable bonds is 5. The quantitative estimate of drug-likeness (QED) is 0.626. The largest absolute Gasteiger partial charge is 0.465 e. The number of thiophene rings is 1. The van der Waals surface area contributed by atoms with E-state index in [0.29, 0.717) is 22.1 Å². The van der Waals surface area contributed by atoms with Crippen LogP contribution in [0.4, 0.5) is 10.1 Å². The minimum absolute atomic E-state index is 0.0331. The molecule has 2 aromatic carbocycles. The molecule has 0 fully saturated rings. The molecule has 5 nitrogen and oxygen atoms in total. The van der Waals surface area contributed by atoms with Crippen LogP contribution in [0.1, 0.15) is 24.9 Å². The van der Waals surface area contributed by atoms with Crippen molar-refractivity contribution in [1.29, 1.82) is 0 Å². The molecule has 0 spiro atoms. The number of hydrogen-bond donors (Lipinski definition) is 1. The molecule has 0 aliphatic heterocycles. The van der Waals surface area contributed by atoms with Gasteiger partial charge in [0.15, 0.2) is 10.6 Å². The number of halogens is 1. The van der Waals surface area contributed by atoms with Crippen molar-refractivity contribution in [2.45, 2.75) is 6.92 Å². The Morgan fingerprint density at radius 3 is 2.44 bits per heavy atom. The van der Waals surface area contributed by atoms with Gasteiger partial charge in [-0.3, -0.25) is 4.79 Å². The number of hydrogen-bond acceptors (Lipinski definition) is 5. The van der Waals surface area contributed by atoms with Gasteiger partial charge >= 0.3 is 5.97 Å². The lowest BCUT2D eigenvalue weighted by molar-refractivity contribution is 0.0603. The first-order valence-corrected chi connectivity index (χ1v) is 8.82. The minimum atomic E-state index is -0.585. The van der Waals surface area contributed by atoms with Crippen molar-refractivity contribution in [3.05, 3.63) is 75.7 Å². The van der Waals surface area contributed by atoms with Crippen LogP contribution in [0.3, 0.4) is 0 Å². The second-order valence-electron chi connectivity index (χ2n) is 5.60. The molecule has 27 heavy (non-hydrogen) atoms. The fourth-order valence-corrected chi connectivity index (χ4v) is 3.23. The summed E-state index contributed by atoms with van der Waals surface area (Å²) in [6.07, 6.45) is 0. The van der Waals surface area contributed by atoms with E-state index in [1.165, 1.54) is 36.6 Å². The van der Waals surface area contributed by atoms with Gasteiger partial charge in [-0.25, -0.2) is 9.18 Å². The Labute approximate surface area is 159 Å². The number of benzene rings is 2. The molecule has 1 amide bonds. The Morgan fingerprint density at radius 1 is 1.07 bits per heavy atom. The molecule has 0 saturated heterocycles. The molecule has 0 bridgehead atoms. The Morgan fingerprint density at radius 2 is 1.78 bits per heavy atom. The third-order valence-electron chi connectivity index (χ3n) is 3.65. The van der Waals surface area contributed by atoms with E-state index in [-0.39, 0.29) is 5.56 Å². The predicted octanol–water partition coefficient (Wildman–Crippen LogP) is 5.03. The Bertz CT molecular complexity index is 982. The summed E-state index contributed by atoms with van der Waals surface area (Å²) in [6, 6.07) is 14.1. The van der Waals surface area contributed by atoms with Crippen molar-refractivity contribution in [2.24, 2.45) is 0 Å². The number of anilines is 1. The van der Waals surface area contributed by atoms with Gasteiger partial charge in [-0.15, -0.1) is 11.3 Å². The van der Waals surface area contributed by atoms with E-state index in [1.54, 1.807) is 36.4 Å². The van der Waals surface area contributed by atoms with Crippen molar-refractivity contribution in [1.82, 2.24) is 0 Å². The first-order valence-electron chi connectivity index (χ1n) is 8.00. The van der Waals surface area contributed by atoms with Crippen molar-refractivity contribution in [3.8, 4) is 11.5 Å². The lowest BCUT2D eigenvalue weighted by atomic mass is 10.2. The van der Waals surface area contributed by atoms with Crippen molar-refractivity contribution in [2.75, 3.05) is 12.4 Å². The van der Waals surface area contributed by atoms with E-state index in [2.05, 4.69) is 5.32 Å². The molecule has 0 aliphatic carbocycles. The highest BCUT2D eigenvalue weighted by atomic mass is 32.1. The number of methoxy groups -OCH3 is 1. The normalized spacial score (nSPS) is 10.3. The van der Waals surface area contributed by atoms with Crippen LogP contribution in [-0.4, -0.2) is 19.0 Å². The van der Waals surface area contributed by atoms with Gasteiger partial charge in [0.25, 0.3) is 5.91 Å². The van der Waals surface area contributed by atoms with Gasteiger partial charge in [0.1, 0.15) is 11.6 Å². The third-order valence-corrected chi connectivity index (χ3v) is 4.66. The molecule has 3 rings (SSSR count). The van der Waals surface area contributed by atoms with E-state index < -0.39 is 17.7 Å². The summed E-state index contributed by atoms with van der Waals surface area (Å²) >= 11 is 1.28. The number of nitrogens with one attached hydrogen (secondary N) is 1. The molecular formula is C20H16FNO4S. The summed E-state index contributed by atoms with van der Waals surface area (Å²) in [7, 11) is 1.31. The predicted molar refractivity (Wildman–Crippen MR) is 101 cm³/mol. The van der Waals surface area contributed by atoms with E-state index >= 15 is 0 Å². The average Bonchev–Trinajstić information content (AvgIpc) is 3.03.